The van der Waals surface area contributed by atoms with E-state index in [-0.39, 0.29) is 6.54 Å². The highest BCUT2D eigenvalue weighted by atomic mass is 79.9. The van der Waals surface area contributed by atoms with E-state index in [1.54, 1.807) is 6.07 Å². The van der Waals surface area contributed by atoms with E-state index in [2.05, 4.69) is 26.1 Å². The van der Waals surface area contributed by atoms with Gasteiger partial charge in [0.2, 0.25) is 11.7 Å². The van der Waals surface area contributed by atoms with Crippen LogP contribution in [0.5, 0.6) is 11.5 Å². The zero-order valence-electron chi connectivity index (χ0n) is 10.2. The van der Waals surface area contributed by atoms with E-state index in [0.717, 1.165) is 0 Å². The van der Waals surface area contributed by atoms with Crippen molar-refractivity contribution in [2.45, 2.75) is 6.54 Å². The molecular weight excluding hydrogens is 337 g/mol. The molecule has 0 radical (unpaired) electrons. The Hall–Kier alpha value is -1.31. The van der Waals surface area contributed by atoms with E-state index >= 15 is 0 Å². The molecule has 0 spiro atoms. The van der Waals surface area contributed by atoms with Crippen LogP contribution in [0.25, 0.3) is 11.4 Å². The minimum atomic E-state index is 0.153. The van der Waals surface area contributed by atoms with Crippen LogP contribution in [0.4, 0.5) is 0 Å². The first-order valence-electron chi connectivity index (χ1n) is 5.25. The topological polar surface area (TPSA) is 83.4 Å². The fraction of sp³-hybridized carbons (Fsp3) is 0.273. The Bertz CT molecular complexity index is 603. The first-order chi connectivity index (χ1) is 9.12. The zero-order chi connectivity index (χ0) is 14.0. The van der Waals surface area contributed by atoms with Crippen molar-refractivity contribution in [1.29, 1.82) is 0 Å². The van der Waals surface area contributed by atoms with Crippen LogP contribution >= 0.6 is 27.5 Å². The minimum absolute atomic E-state index is 0.153. The van der Waals surface area contributed by atoms with Gasteiger partial charge in [0.15, 0.2) is 11.5 Å². The summed E-state index contributed by atoms with van der Waals surface area (Å²) in [5, 5.41) is 4.24. The number of nitrogens with two attached hydrogens (primary N) is 1. The number of hydrogen-bond donors (Lipinski definition) is 1. The Kier molecular flexibility index (Phi) is 4.28. The molecule has 0 saturated carbocycles. The average molecular weight is 349 g/mol. The zero-order valence-corrected chi connectivity index (χ0v) is 12.6. The maximum Gasteiger partial charge on any atom is 0.240 e. The van der Waals surface area contributed by atoms with Gasteiger partial charge in [0, 0.05) is 0 Å². The molecular formula is C11H11BrClN3O3. The summed E-state index contributed by atoms with van der Waals surface area (Å²) in [4.78, 5) is 4.14. The molecule has 2 aromatic rings. The van der Waals surface area contributed by atoms with Crippen LogP contribution < -0.4 is 15.2 Å². The highest BCUT2D eigenvalue weighted by Gasteiger charge is 2.23. The average Bonchev–Trinajstić information content (AvgIpc) is 2.86. The Morgan fingerprint density at radius 2 is 2.05 bits per heavy atom. The standard InChI is InChI=1S/C11H11BrClN3O3/c1-17-9-5(12)3-6(13)8(10(9)18-2)11-15-7(4-14)19-16-11/h3H,4,14H2,1-2H3. The highest BCUT2D eigenvalue weighted by Crippen LogP contribution is 2.46. The Balaban J connectivity index is 2.67. The molecule has 0 fully saturated rings. The van der Waals surface area contributed by atoms with Gasteiger partial charge in [-0.25, -0.2) is 0 Å². The summed E-state index contributed by atoms with van der Waals surface area (Å²) in [5.74, 6) is 1.54. The molecule has 0 aliphatic rings. The van der Waals surface area contributed by atoms with E-state index in [1.807, 2.05) is 0 Å². The monoisotopic (exact) mass is 347 g/mol. The second-order valence-electron chi connectivity index (χ2n) is 3.50. The predicted molar refractivity (Wildman–Crippen MR) is 73.4 cm³/mol. The van der Waals surface area contributed by atoms with Crippen LogP contribution in [0.2, 0.25) is 5.02 Å². The fourth-order valence-corrected chi connectivity index (χ4v) is 2.59. The van der Waals surface area contributed by atoms with Crippen LogP contribution in [-0.4, -0.2) is 24.4 Å². The number of hydrogen-bond acceptors (Lipinski definition) is 6. The van der Waals surface area contributed by atoms with Crippen molar-refractivity contribution in [2.75, 3.05) is 14.2 Å². The molecule has 19 heavy (non-hydrogen) atoms. The highest BCUT2D eigenvalue weighted by molar-refractivity contribution is 9.10. The first kappa shape index (κ1) is 14.1. The lowest BCUT2D eigenvalue weighted by molar-refractivity contribution is 0.353. The van der Waals surface area contributed by atoms with Gasteiger partial charge < -0.3 is 19.7 Å². The van der Waals surface area contributed by atoms with Gasteiger partial charge in [-0.1, -0.05) is 16.8 Å². The van der Waals surface area contributed by atoms with E-state index < -0.39 is 0 Å². The molecule has 1 aromatic carbocycles. The van der Waals surface area contributed by atoms with Crippen molar-refractivity contribution < 1.29 is 14.0 Å². The third kappa shape index (κ3) is 2.54. The van der Waals surface area contributed by atoms with Crippen LogP contribution in [0, 0.1) is 0 Å². The van der Waals surface area contributed by atoms with Gasteiger partial charge >= 0.3 is 0 Å². The molecule has 1 heterocycles. The number of nitrogens with zero attached hydrogens (tertiary/aromatic N) is 2. The van der Waals surface area contributed by atoms with Gasteiger partial charge in [0.1, 0.15) is 0 Å². The van der Waals surface area contributed by atoms with Crippen molar-refractivity contribution in [1.82, 2.24) is 10.1 Å². The van der Waals surface area contributed by atoms with Crippen LogP contribution in [0.3, 0.4) is 0 Å². The van der Waals surface area contributed by atoms with Crippen molar-refractivity contribution in [3.63, 3.8) is 0 Å². The van der Waals surface area contributed by atoms with Crippen molar-refractivity contribution >= 4 is 27.5 Å². The molecule has 0 saturated heterocycles. The third-order valence-electron chi connectivity index (χ3n) is 2.42. The van der Waals surface area contributed by atoms with Crippen molar-refractivity contribution in [2.24, 2.45) is 5.73 Å². The van der Waals surface area contributed by atoms with E-state index in [1.165, 1.54) is 14.2 Å². The number of benzene rings is 1. The number of halogens is 2. The van der Waals surface area contributed by atoms with Crippen LogP contribution in [-0.2, 0) is 6.54 Å². The van der Waals surface area contributed by atoms with Gasteiger partial charge in [-0.15, -0.1) is 0 Å². The maximum atomic E-state index is 6.21. The van der Waals surface area contributed by atoms with Crippen molar-refractivity contribution in [3.8, 4) is 22.9 Å². The molecule has 8 heteroatoms. The quantitative estimate of drug-likeness (QED) is 0.914. The van der Waals surface area contributed by atoms with Gasteiger partial charge in [0.05, 0.1) is 35.8 Å². The SMILES string of the molecule is COc1c(Br)cc(Cl)c(-c2noc(CN)n2)c1OC. The molecule has 0 atom stereocenters. The lowest BCUT2D eigenvalue weighted by Gasteiger charge is -2.13. The van der Waals surface area contributed by atoms with E-state index in [0.29, 0.717) is 38.3 Å². The van der Waals surface area contributed by atoms with Gasteiger partial charge in [0.25, 0.3) is 0 Å². The lowest BCUT2D eigenvalue weighted by atomic mass is 10.1. The van der Waals surface area contributed by atoms with Crippen LogP contribution in [0.1, 0.15) is 5.89 Å². The summed E-state index contributed by atoms with van der Waals surface area (Å²) in [6, 6.07) is 1.68. The molecule has 0 unspecified atom stereocenters. The molecule has 6 nitrogen and oxygen atoms in total. The molecule has 0 aliphatic carbocycles. The molecule has 2 rings (SSSR count). The minimum Gasteiger partial charge on any atom is -0.492 e. The van der Waals surface area contributed by atoms with Crippen LogP contribution in [0.15, 0.2) is 15.1 Å². The summed E-state index contributed by atoms with van der Waals surface area (Å²) in [5.41, 5.74) is 5.93. The molecule has 0 amide bonds. The Morgan fingerprint density at radius 3 is 2.58 bits per heavy atom. The normalized spacial score (nSPS) is 10.6. The molecule has 0 bridgehead atoms. The van der Waals surface area contributed by atoms with Gasteiger partial charge in [-0.3, -0.25) is 0 Å². The fourth-order valence-electron chi connectivity index (χ4n) is 1.61. The number of rotatable bonds is 4. The summed E-state index contributed by atoms with van der Waals surface area (Å²) in [7, 11) is 3.04. The Morgan fingerprint density at radius 1 is 1.37 bits per heavy atom. The summed E-state index contributed by atoms with van der Waals surface area (Å²) in [6.07, 6.45) is 0. The second kappa shape index (κ2) is 5.77. The smallest absolute Gasteiger partial charge is 0.240 e. The van der Waals surface area contributed by atoms with Gasteiger partial charge in [-0.05, 0) is 22.0 Å². The Labute approximate surface area is 123 Å². The van der Waals surface area contributed by atoms with E-state index in [4.69, 9.17) is 31.3 Å². The van der Waals surface area contributed by atoms with Crippen molar-refractivity contribution in [3.05, 3.63) is 21.5 Å². The largest absolute Gasteiger partial charge is 0.492 e. The van der Waals surface area contributed by atoms with Gasteiger partial charge in [-0.2, -0.15) is 4.98 Å². The maximum absolute atomic E-state index is 6.21. The number of methoxy groups -OCH3 is 2. The lowest BCUT2D eigenvalue weighted by Crippen LogP contribution is -1.98. The summed E-state index contributed by atoms with van der Waals surface area (Å²) < 4.78 is 16.3. The number of ether oxygens (including phenoxy) is 2. The third-order valence-corrected chi connectivity index (χ3v) is 3.30. The molecule has 102 valence electrons. The summed E-state index contributed by atoms with van der Waals surface area (Å²) in [6.45, 7) is 0.153. The molecule has 1 aromatic heterocycles. The number of aromatic nitrogens is 2. The first-order valence-corrected chi connectivity index (χ1v) is 6.42. The summed E-state index contributed by atoms with van der Waals surface area (Å²) >= 11 is 9.56. The second-order valence-corrected chi connectivity index (χ2v) is 4.76. The molecule has 2 N–H and O–H groups in total. The molecule has 0 aliphatic heterocycles. The van der Waals surface area contributed by atoms with E-state index in [9.17, 15) is 0 Å². The predicted octanol–water partition coefficient (Wildman–Crippen LogP) is 2.63.